The first kappa shape index (κ1) is 14.7. The van der Waals surface area contributed by atoms with Crippen molar-refractivity contribution in [1.29, 1.82) is 0 Å². The Bertz CT molecular complexity index is 928. The van der Waals surface area contributed by atoms with Crippen molar-refractivity contribution < 1.29 is 13.0 Å². The average Bonchev–Trinajstić information content (AvgIpc) is 3.05. The molecule has 0 saturated heterocycles. The van der Waals surface area contributed by atoms with E-state index in [1.54, 1.807) is 29.9 Å². The van der Waals surface area contributed by atoms with E-state index in [0.717, 1.165) is 11.3 Å². The number of sulfonamides is 1. The molecule has 3 aromatic rings. The van der Waals surface area contributed by atoms with Gasteiger partial charge in [0.1, 0.15) is 10.4 Å². The van der Waals surface area contributed by atoms with Gasteiger partial charge in [-0.25, -0.2) is 17.8 Å². The quantitative estimate of drug-likeness (QED) is 0.777. The van der Waals surface area contributed by atoms with Gasteiger partial charge in [-0.3, -0.25) is 4.68 Å². The Morgan fingerprint density at radius 1 is 1.32 bits per heavy atom. The molecule has 0 aliphatic rings. The molecule has 0 radical (unpaired) electrons. The van der Waals surface area contributed by atoms with Gasteiger partial charge < -0.3 is 0 Å². The lowest BCUT2D eigenvalue weighted by atomic mass is 10.1. The van der Waals surface area contributed by atoms with Gasteiger partial charge in [0.2, 0.25) is 10.0 Å². The predicted octanol–water partition coefficient (Wildman–Crippen LogP) is 1.30. The van der Waals surface area contributed by atoms with Crippen molar-refractivity contribution in [3.05, 3.63) is 35.7 Å². The van der Waals surface area contributed by atoms with Gasteiger partial charge in [-0.1, -0.05) is 6.07 Å². The van der Waals surface area contributed by atoms with Crippen LogP contribution < -0.4 is 4.72 Å². The molecule has 1 aromatic carbocycles. The molecule has 0 aliphatic carbocycles. The topological polar surface area (TPSA) is 103 Å². The number of fused-ring (bicyclic) bond motifs is 1. The Hall–Kier alpha value is -2.26. The van der Waals surface area contributed by atoms with E-state index in [1.165, 1.54) is 6.07 Å². The van der Waals surface area contributed by atoms with Gasteiger partial charge in [0, 0.05) is 24.3 Å². The number of rotatable bonds is 4. The highest BCUT2D eigenvalue weighted by molar-refractivity contribution is 7.89. The first-order valence-corrected chi connectivity index (χ1v) is 8.10. The molecule has 0 fully saturated rings. The van der Waals surface area contributed by atoms with Crippen LogP contribution in [0, 0.1) is 6.92 Å². The Kier molecular flexibility index (Phi) is 3.45. The van der Waals surface area contributed by atoms with Gasteiger partial charge in [-0.2, -0.15) is 5.10 Å². The molecule has 2 aromatic heterocycles. The minimum absolute atomic E-state index is 0.0413. The summed E-state index contributed by atoms with van der Waals surface area (Å²) in [7, 11) is -1.95. The third-order valence-electron chi connectivity index (χ3n) is 3.61. The van der Waals surface area contributed by atoms with Crippen molar-refractivity contribution in [1.82, 2.24) is 24.8 Å². The molecule has 0 bridgehead atoms. The zero-order chi connectivity index (χ0) is 15.9. The molecule has 8 nitrogen and oxygen atoms in total. The predicted molar refractivity (Wildman–Crippen MR) is 78.5 cm³/mol. The Labute approximate surface area is 127 Å². The van der Waals surface area contributed by atoms with Gasteiger partial charge >= 0.3 is 0 Å². The van der Waals surface area contributed by atoms with Gasteiger partial charge in [-0.05, 0) is 36.3 Å². The van der Waals surface area contributed by atoms with Crippen LogP contribution in [0.5, 0.6) is 0 Å². The minimum Gasteiger partial charge on any atom is -0.273 e. The van der Waals surface area contributed by atoms with Gasteiger partial charge in [0.05, 0.1) is 6.20 Å². The van der Waals surface area contributed by atoms with Crippen LogP contribution >= 0.6 is 0 Å². The van der Waals surface area contributed by atoms with Crippen molar-refractivity contribution >= 4 is 21.1 Å². The second-order valence-corrected chi connectivity index (χ2v) is 6.72. The van der Waals surface area contributed by atoms with Crippen LogP contribution in [-0.4, -0.2) is 28.5 Å². The number of nitrogens with one attached hydrogen (secondary N) is 1. The summed E-state index contributed by atoms with van der Waals surface area (Å²) < 4.78 is 34.1. The molecular formula is C13H15N5O3S. The highest BCUT2D eigenvalue weighted by atomic mass is 32.2. The van der Waals surface area contributed by atoms with Crippen LogP contribution in [-0.2, 0) is 17.1 Å². The lowest BCUT2D eigenvalue weighted by Crippen LogP contribution is -2.27. The standard InChI is InChI=1S/C13H15N5O3S/c1-8(10-7-14-18(3)9(10)2)17-22(19,20)12-6-4-5-11-13(12)16-21-15-11/h4-8,17H,1-3H3/t8-/m1/s1. The van der Waals surface area contributed by atoms with Gasteiger partial charge in [0.15, 0.2) is 5.52 Å². The first-order valence-electron chi connectivity index (χ1n) is 6.62. The molecule has 9 heteroatoms. The third-order valence-corrected chi connectivity index (χ3v) is 5.18. The molecule has 1 atom stereocenters. The molecule has 116 valence electrons. The fourth-order valence-corrected chi connectivity index (χ4v) is 3.67. The molecule has 0 aliphatic heterocycles. The fourth-order valence-electron chi connectivity index (χ4n) is 2.30. The smallest absolute Gasteiger partial charge is 0.243 e. The van der Waals surface area contributed by atoms with Gasteiger partial charge in [-0.15, -0.1) is 0 Å². The van der Waals surface area contributed by atoms with E-state index in [-0.39, 0.29) is 10.4 Å². The lowest BCUT2D eigenvalue weighted by molar-refractivity contribution is 0.315. The van der Waals surface area contributed by atoms with E-state index in [0.29, 0.717) is 5.52 Å². The van der Waals surface area contributed by atoms with E-state index < -0.39 is 16.1 Å². The van der Waals surface area contributed by atoms with Crippen LogP contribution in [0.1, 0.15) is 24.2 Å². The second kappa shape index (κ2) is 5.18. The average molecular weight is 321 g/mol. The molecule has 2 heterocycles. The van der Waals surface area contributed by atoms with Crippen molar-refractivity contribution in [2.45, 2.75) is 24.8 Å². The summed E-state index contributed by atoms with van der Waals surface area (Å²) in [6.07, 6.45) is 1.65. The minimum atomic E-state index is -3.76. The second-order valence-electron chi connectivity index (χ2n) is 5.04. The summed E-state index contributed by atoms with van der Waals surface area (Å²) in [6.45, 7) is 3.65. The number of hydrogen-bond donors (Lipinski definition) is 1. The molecule has 3 rings (SSSR count). The molecule has 0 saturated carbocycles. The zero-order valence-electron chi connectivity index (χ0n) is 12.3. The molecular weight excluding hydrogens is 306 g/mol. The Morgan fingerprint density at radius 3 is 2.77 bits per heavy atom. The lowest BCUT2D eigenvalue weighted by Gasteiger charge is -2.14. The fraction of sp³-hybridized carbons (Fsp3) is 0.308. The van der Waals surface area contributed by atoms with Crippen molar-refractivity contribution in [2.24, 2.45) is 7.05 Å². The number of aromatic nitrogens is 4. The van der Waals surface area contributed by atoms with Crippen molar-refractivity contribution in [3.8, 4) is 0 Å². The summed E-state index contributed by atoms with van der Waals surface area (Å²) in [6, 6.07) is 4.28. The number of benzene rings is 1. The number of hydrogen-bond acceptors (Lipinski definition) is 6. The van der Waals surface area contributed by atoms with E-state index in [4.69, 9.17) is 0 Å². The SMILES string of the molecule is Cc1c([C@@H](C)NS(=O)(=O)c2cccc3nonc23)cnn1C. The van der Waals surface area contributed by atoms with Gasteiger partial charge in [0.25, 0.3) is 0 Å². The highest BCUT2D eigenvalue weighted by Crippen LogP contribution is 2.23. The molecule has 0 spiro atoms. The largest absolute Gasteiger partial charge is 0.273 e. The first-order chi connectivity index (χ1) is 10.4. The van der Waals surface area contributed by atoms with E-state index in [2.05, 4.69) is 24.8 Å². The highest BCUT2D eigenvalue weighted by Gasteiger charge is 2.24. The number of aryl methyl sites for hydroxylation is 1. The summed E-state index contributed by atoms with van der Waals surface area (Å²) >= 11 is 0. The van der Waals surface area contributed by atoms with Crippen LogP contribution in [0.25, 0.3) is 11.0 Å². The third kappa shape index (κ3) is 2.38. The van der Waals surface area contributed by atoms with Crippen LogP contribution in [0.3, 0.4) is 0 Å². The molecule has 0 amide bonds. The number of nitrogens with zero attached hydrogens (tertiary/aromatic N) is 4. The zero-order valence-corrected chi connectivity index (χ0v) is 13.1. The van der Waals surface area contributed by atoms with Crippen LogP contribution in [0.4, 0.5) is 0 Å². The van der Waals surface area contributed by atoms with E-state index in [1.807, 2.05) is 14.0 Å². The maximum atomic E-state index is 12.6. The van der Waals surface area contributed by atoms with Crippen molar-refractivity contribution in [3.63, 3.8) is 0 Å². The maximum Gasteiger partial charge on any atom is 0.243 e. The normalized spacial score (nSPS) is 13.6. The Morgan fingerprint density at radius 2 is 2.09 bits per heavy atom. The van der Waals surface area contributed by atoms with Crippen LogP contribution in [0.2, 0.25) is 0 Å². The summed E-state index contributed by atoms with van der Waals surface area (Å²) in [5.41, 5.74) is 2.33. The van der Waals surface area contributed by atoms with E-state index >= 15 is 0 Å². The summed E-state index contributed by atoms with van der Waals surface area (Å²) in [5, 5.41) is 11.4. The van der Waals surface area contributed by atoms with Crippen molar-refractivity contribution in [2.75, 3.05) is 0 Å². The van der Waals surface area contributed by atoms with Crippen LogP contribution in [0.15, 0.2) is 33.9 Å². The monoisotopic (exact) mass is 321 g/mol. The Balaban J connectivity index is 1.97. The molecule has 22 heavy (non-hydrogen) atoms. The summed E-state index contributed by atoms with van der Waals surface area (Å²) in [4.78, 5) is 0.0413. The van der Waals surface area contributed by atoms with E-state index in [9.17, 15) is 8.42 Å². The maximum absolute atomic E-state index is 12.6. The molecule has 0 unspecified atom stereocenters. The summed E-state index contributed by atoms with van der Waals surface area (Å²) in [5.74, 6) is 0. The molecule has 1 N–H and O–H groups in total.